The van der Waals surface area contributed by atoms with Gasteiger partial charge in [0.2, 0.25) is 0 Å². The molecular formula is C12H11NO5. The van der Waals surface area contributed by atoms with Crippen molar-refractivity contribution in [3.63, 3.8) is 0 Å². The molecule has 2 rings (SSSR count). The fourth-order valence-electron chi connectivity index (χ4n) is 1.66. The van der Waals surface area contributed by atoms with Gasteiger partial charge in [-0.3, -0.25) is 19.3 Å². The molecule has 0 atom stereocenters. The van der Waals surface area contributed by atoms with Crippen molar-refractivity contribution in [2.75, 3.05) is 25.2 Å². The largest absolute Gasteiger partial charge is 0.482 e. The van der Waals surface area contributed by atoms with Crippen LogP contribution in [0.4, 0.5) is 5.69 Å². The van der Waals surface area contributed by atoms with Crippen LogP contribution >= 0.6 is 0 Å². The summed E-state index contributed by atoms with van der Waals surface area (Å²) in [6.07, 6.45) is 0.662. The molecule has 1 aromatic rings. The van der Waals surface area contributed by atoms with Crippen LogP contribution in [-0.4, -0.2) is 38.4 Å². The van der Waals surface area contributed by atoms with Crippen LogP contribution in [0.2, 0.25) is 0 Å². The fourth-order valence-corrected chi connectivity index (χ4v) is 1.66. The molecule has 0 bridgehead atoms. The lowest BCUT2D eigenvalue weighted by molar-refractivity contribution is -0.140. The predicted octanol–water partition coefficient (Wildman–Crippen LogP) is 0.397. The third-order valence-electron chi connectivity index (χ3n) is 2.58. The van der Waals surface area contributed by atoms with Crippen molar-refractivity contribution in [3.05, 3.63) is 23.8 Å². The molecule has 1 aromatic carbocycles. The fraction of sp³-hybridized carbons (Fsp3) is 0.250. The van der Waals surface area contributed by atoms with Gasteiger partial charge in [-0.15, -0.1) is 0 Å². The van der Waals surface area contributed by atoms with E-state index < -0.39 is 5.97 Å². The van der Waals surface area contributed by atoms with Gasteiger partial charge in [-0.2, -0.15) is 0 Å². The van der Waals surface area contributed by atoms with Crippen LogP contribution in [0.5, 0.6) is 5.75 Å². The zero-order valence-electron chi connectivity index (χ0n) is 9.71. The van der Waals surface area contributed by atoms with Gasteiger partial charge in [-0.05, 0) is 18.2 Å². The second-order valence-electron chi connectivity index (χ2n) is 3.69. The van der Waals surface area contributed by atoms with E-state index in [1.165, 1.54) is 18.1 Å². The quantitative estimate of drug-likeness (QED) is 0.572. The summed E-state index contributed by atoms with van der Waals surface area (Å²) >= 11 is 0. The highest BCUT2D eigenvalue weighted by Gasteiger charge is 2.27. The average molecular weight is 249 g/mol. The molecule has 1 aliphatic heterocycles. The second kappa shape index (κ2) is 4.87. The van der Waals surface area contributed by atoms with E-state index in [0.717, 1.165) is 0 Å². The third-order valence-corrected chi connectivity index (χ3v) is 2.58. The molecule has 0 fully saturated rings. The van der Waals surface area contributed by atoms with Gasteiger partial charge in [0, 0.05) is 5.56 Å². The van der Waals surface area contributed by atoms with Crippen LogP contribution in [0, 0.1) is 0 Å². The standard InChI is InChI=1S/C12H11NO5/c1-17-12(16)5-13-9-4-8(6-14)2-3-10(9)18-7-11(13)15/h2-4,6H,5,7H2,1H3. The number of rotatable bonds is 3. The minimum atomic E-state index is -0.535. The van der Waals surface area contributed by atoms with Gasteiger partial charge in [0.25, 0.3) is 5.91 Å². The van der Waals surface area contributed by atoms with Gasteiger partial charge in [-0.1, -0.05) is 0 Å². The Morgan fingerprint density at radius 2 is 2.33 bits per heavy atom. The van der Waals surface area contributed by atoms with Crippen LogP contribution in [0.15, 0.2) is 18.2 Å². The Bertz CT molecular complexity index is 511. The maximum atomic E-state index is 11.7. The molecule has 6 nitrogen and oxygen atoms in total. The van der Waals surface area contributed by atoms with Crippen LogP contribution in [0.3, 0.4) is 0 Å². The van der Waals surface area contributed by atoms with Crippen molar-refractivity contribution in [2.24, 2.45) is 0 Å². The number of hydrogen-bond donors (Lipinski definition) is 0. The SMILES string of the molecule is COC(=O)CN1C(=O)COc2ccc(C=O)cc21. The van der Waals surface area contributed by atoms with E-state index in [0.29, 0.717) is 23.3 Å². The van der Waals surface area contributed by atoms with E-state index in [-0.39, 0.29) is 19.1 Å². The molecule has 0 saturated carbocycles. The monoisotopic (exact) mass is 249 g/mol. The summed E-state index contributed by atoms with van der Waals surface area (Å²) in [6.45, 7) is -0.335. The van der Waals surface area contributed by atoms with Gasteiger partial charge < -0.3 is 9.47 Å². The topological polar surface area (TPSA) is 72.9 Å². The number of ether oxygens (including phenoxy) is 2. The van der Waals surface area contributed by atoms with Crippen LogP contribution < -0.4 is 9.64 Å². The summed E-state index contributed by atoms with van der Waals surface area (Å²) in [6, 6.07) is 4.68. The van der Waals surface area contributed by atoms with Gasteiger partial charge in [0.05, 0.1) is 12.8 Å². The van der Waals surface area contributed by atoms with Gasteiger partial charge >= 0.3 is 5.97 Å². The summed E-state index contributed by atoms with van der Waals surface area (Å²) in [5, 5.41) is 0. The number of benzene rings is 1. The number of carbonyl (C=O) groups is 3. The molecule has 0 aromatic heterocycles. The van der Waals surface area contributed by atoms with E-state index in [1.807, 2.05) is 0 Å². The first-order chi connectivity index (χ1) is 8.65. The summed E-state index contributed by atoms with van der Waals surface area (Å²) in [5.41, 5.74) is 0.808. The van der Waals surface area contributed by atoms with Crippen LogP contribution in [0.1, 0.15) is 10.4 Å². The summed E-state index contributed by atoms with van der Waals surface area (Å²) in [5.74, 6) is -0.423. The maximum Gasteiger partial charge on any atom is 0.325 e. The Balaban J connectivity index is 2.38. The zero-order chi connectivity index (χ0) is 13.1. The minimum absolute atomic E-state index is 0.134. The molecule has 0 N–H and O–H groups in total. The smallest absolute Gasteiger partial charge is 0.325 e. The number of anilines is 1. The number of hydrogen-bond acceptors (Lipinski definition) is 5. The van der Waals surface area contributed by atoms with Crippen molar-refractivity contribution in [3.8, 4) is 5.75 Å². The van der Waals surface area contributed by atoms with Gasteiger partial charge in [-0.25, -0.2) is 0 Å². The Hall–Kier alpha value is -2.37. The number of carbonyl (C=O) groups excluding carboxylic acids is 3. The first-order valence-electron chi connectivity index (χ1n) is 5.25. The summed E-state index contributed by atoms with van der Waals surface area (Å²) < 4.78 is 9.75. The molecule has 0 spiro atoms. The van der Waals surface area contributed by atoms with E-state index in [4.69, 9.17) is 4.74 Å². The molecule has 18 heavy (non-hydrogen) atoms. The normalized spacial score (nSPS) is 13.6. The third kappa shape index (κ3) is 2.17. The van der Waals surface area contributed by atoms with E-state index in [9.17, 15) is 14.4 Å². The Morgan fingerprint density at radius 1 is 1.56 bits per heavy atom. The van der Waals surface area contributed by atoms with Crippen molar-refractivity contribution >= 4 is 23.9 Å². The minimum Gasteiger partial charge on any atom is -0.482 e. The summed E-state index contributed by atoms with van der Waals surface area (Å²) in [7, 11) is 1.25. The molecule has 1 amide bonds. The average Bonchev–Trinajstić information content (AvgIpc) is 2.41. The Kier molecular flexibility index (Phi) is 3.27. The predicted molar refractivity (Wildman–Crippen MR) is 61.7 cm³/mol. The summed E-state index contributed by atoms with van der Waals surface area (Å²) in [4.78, 5) is 34.9. The highest BCUT2D eigenvalue weighted by atomic mass is 16.5. The van der Waals surface area contributed by atoms with Crippen molar-refractivity contribution in [2.45, 2.75) is 0 Å². The van der Waals surface area contributed by atoms with Gasteiger partial charge in [0.15, 0.2) is 6.61 Å². The molecule has 1 heterocycles. The van der Waals surface area contributed by atoms with Crippen LogP contribution in [0.25, 0.3) is 0 Å². The highest BCUT2D eigenvalue weighted by Crippen LogP contribution is 2.32. The molecule has 6 heteroatoms. The lowest BCUT2D eigenvalue weighted by atomic mass is 10.1. The van der Waals surface area contributed by atoms with Crippen LogP contribution in [-0.2, 0) is 14.3 Å². The Morgan fingerprint density at radius 3 is 3.00 bits per heavy atom. The Labute approximate surface area is 103 Å². The molecular weight excluding hydrogens is 238 g/mol. The van der Waals surface area contributed by atoms with E-state index >= 15 is 0 Å². The molecule has 0 saturated heterocycles. The molecule has 0 unspecified atom stereocenters. The molecule has 0 radical (unpaired) electrons. The lowest BCUT2D eigenvalue weighted by Crippen LogP contribution is -2.42. The maximum absolute atomic E-state index is 11.7. The van der Waals surface area contributed by atoms with Crippen molar-refractivity contribution < 1.29 is 23.9 Å². The number of methoxy groups -OCH3 is 1. The number of nitrogens with zero attached hydrogens (tertiary/aromatic N) is 1. The molecule has 94 valence electrons. The van der Waals surface area contributed by atoms with E-state index in [1.54, 1.807) is 12.1 Å². The first kappa shape index (κ1) is 12.1. The molecule has 1 aliphatic rings. The number of esters is 1. The van der Waals surface area contributed by atoms with Gasteiger partial charge in [0.1, 0.15) is 18.6 Å². The zero-order valence-corrected chi connectivity index (χ0v) is 9.71. The van der Waals surface area contributed by atoms with Crippen molar-refractivity contribution in [1.29, 1.82) is 0 Å². The lowest BCUT2D eigenvalue weighted by Gasteiger charge is -2.28. The number of fused-ring (bicyclic) bond motifs is 1. The van der Waals surface area contributed by atoms with Crippen molar-refractivity contribution in [1.82, 2.24) is 0 Å². The number of amides is 1. The van der Waals surface area contributed by atoms with E-state index in [2.05, 4.69) is 4.74 Å². The second-order valence-corrected chi connectivity index (χ2v) is 3.69. The first-order valence-corrected chi connectivity index (χ1v) is 5.25. The highest BCUT2D eigenvalue weighted by molar-refractivity contribution is 6.02. The number of aldehydes is 1. The molecule has 0 aliphatic carbocycles.